The van der Waals surface area contributed by atoms with E-state index in [2.05, 4.69) is 36.0 Å². The van der Waals surface area contributed by atoms with Crippen LogP contribution in [0.4, 0.5) is 0 Å². The van der Waals surface area contributed by atoms with Gasteiger partial charge in [-0.15, -0.1) is 0 Å². The minimum Gasteiger partial charge on any atom is -0.350 e. The summed E-state index contributed by atoms with van der Waals surface area (Å²) in [5.74, 6) is 0.222. The van der Waals surface area contributed by atoms with Crippen LogP contribution in [0.3, 0.4) is 0 Å². The van der Waals surface area contributed by atoms with Gasteiger partial charge in [0.15, 0.2) is 5.78 Å². The molecule has 0 fully saturated rings. The van der Waals surface area contributed by atoms with Crippen LogP contribution in [0.5, 0.6) is 0 Å². The highest BCUT2D eigenvalue weighted by atomic mass is 32.2. The minimum atomic E-state index is -3.74. The average molecular weight is 431 g/mol. The lowest BCUT2D eigenvalue weighted by Crippen LogP contribution is -2.32. The lowest BCUT2D eigenvalue weighted by Gasteiger charge is -2.15. The number of carbonyl (C=O) groups is 2. The van der Waals surface area contributed by atoms with Gasteiger partial charge in [-0.25, -0.2) is 13.1 Å². The summed E-state index contributed by atoms with van der Waals surface area (Å²) in [6.45, 7) is 7.65. The fraction of sp³-hybridized carbons (Fsp3) is 0.391. The highest BCUT2D eigenvalue weighted by Crippen LogP contribution is 2.16. The van der Waals surface area contributed by atoms with Gasteiger partial charge in [0.1, 0.15) is 0 Å². The Kier molecular flexibility index (Phi) is 8.32. The van der Waals surface area contributed by atoms with E-state index in [0.717, 1.165) is 12.0 Å². The van der Waals surface area contributed by atoms with Gasteiger partial charge in [0.05, 0.1) is 10.9 Å². The summed E-state index contributed by atoms with van der Waals surface area (Å²) in [5, 5.41) is 2.89. The number of Topliss-reactive ketones (excluding diaryl/α,β-unsaturated/α-hetero) is 1. The van der Waals surface area contributed by atoms with E-state index in [1.54, 1.807) is 0 Å². The zero-order valence-corrected chi connectivity index (χ0v) is 18.8. The molecule has 0 aliphatic heterocycles. The van der Waals surface area contributed by atoms with Gasteiger partial charge >= 0.3 is 0 Å². The zero-order valence-electron chi connectivity index (χ0n) is 17.9. The second-order valence-electron chi connectivity index (χ2n) is 7.86. The van der Waals surface area contributed by atoms with E-state index in [1.807, 2.05) is 19.1 Å². The van der Waals surface area contributed by atoms with E-state index in [4.69, 9.17) is 0 Å². The molecule has 1 atom stereocenters. The number of sulfonamides is 1. The van der Waals surface area contributed by atoms with Gasteiger partial charge in [-0.1, -0.05) is 50.2 Å². The number of ketones is 1. The third-order valence-corrected chi connectivity index (χ3v) is 6.19. The number of rotatable bonds is 10. The monoisotopic (exact) mass is 430 g/mol. The van der Waals surface area contributed by atoms with Gasteiger partial charge in [0, 0.05) is 18.5 Å². The molecule has 0 saturated carbocycles. The molecule has 2 aromatic rings. The fourth-order valence-electron chi connectivity index (χ4n) is 3.06. The molecule has 2 aromatic carbocycles. The smallest absolute Gasteiger partial charge is 0.240 e. The largest absolute Gasteiger partial charge is 0.350 e. The standard InChI is InChI=1S/C23H30N2O4S/c1-16(2)15-19-5-7-20(8-6-19)17(3)25-23(27)13-14-24-30(28,29)22-11-9-21(10-12-22)18(4)26/h5-12,16-17,24H,13-15H2,1-4H3,(H,25,27). The van der Waals surface area contributed by atoms with Gasteiger partial charge in [-0.05, 0) is 49.4 Å². The highest BCUT2D eigenvalue weighted by Gasteiger charge is 2.15. The summed E-state index contributed by atoms with van der Waals surface area (Å²) in [5.41, 5.74) is 2.71. The summed E-state index contributed by atoms with van der Waals surface area (Å²) < 4.78 is 27.1. The van der Waals surface area contributed by atoms with Crippen molar-refractivity contribution in [3.8, 4) is 0 Å². The Morgan fingerprint density at radius 2 is 1.53 bits per heavy atom. The van der Waals surface area contributed by atoms with E-state index < -0.39 is 10.0 Å². The van der Waals surface area contributed by atoms with Crippen LogP contribution in [0.15, 0.2) is 53.4 Å². The van der Waals surface area contributed by atoms with Crippen molar-refractivity contribution in [2.24, 2.45) is 5.92 Å². The molecule has 1 amide bonds. The first-order chi connectivity index (χ1) is 14.1. The lowest BCUT2D eigenvalue weighted by molar-refractivity contribution is -0.121. The molecule has 0 heterocycles. The highest BCUT2D eigenvalue weighted by molar-refractivity contribution is 7.89. The third kappa shape index (κ3) is 7.07. The van der Waals surface area contributed by atoms with Gasteiger partial charge in [0.2, 0.25) is 15.9 Å². The fourth-order valence-corrected chi connectivity index (χ4v) is 4.09. The summed E-state index contributed by atoms with van der Waals surface area (Å²) in [6.07, 6.45) is 1.04. The third-order valence-electron chi connectivity index (χ3n) is 4.72. The van der Waals surface area contributed by atoms with E-state index in [0.29, 0.717) is 11.5 Å². The molecular formula is C23H30N2O4S. The molecule has 30 heavy (non-hydrogen) atoms. The van der Waals surface area contributed by atoms with Gasteiger partial charge in [0.25, 0.3) is 0 Å². The quantitative estimate of drug-likeness (QED) is 0.563. The molecule has 1 unspecified atom stereocenters. The average Bonchev–Trinajstić information content (AvgIpc) is 2.68. The van der Waals surface area contributed by atoms with E-state index in [1.165, 1.54) is 36.8 Å². The van der Waals surface area contributed by atoms with Gasteiger partial charge in [-0.3, -0.25) is 9.59 Å². The van der Waals surface area contributed by atoms with Crippen molar-refractivity contribution in [3.63, 3.8) is 0 Å². The Bertz CT molecular complexity index is 965. The van der Waals surface area contributed by atoms with Crippen LogP contribution in [-0.2, 0) is 21.2 Å². The second kappa shape index (κ2) is 10.5. The predicted octanol–water partition coefficient (Wildman–Crippen LogP) is 3.63. The molecule has 0 bridgehead atoms. The van der Waals surface area contributed by atoms with E-state index in [-0.39, 0.29) is 35.6 Å². The second-order valence-corrected chi connectivity index (χ2v) is 9.62. The van der Waals surface area contributed by atoms with Crippen LogP contribution in [0.25, 0.3) is 0 Å². The summed E-state index contributed by atoms with van der Waals surface area (Å²) in [7, 11) is -3.74. The zero-order chi connectivity index (χ0) is 22.3. The molecule has 6 nitrogen and oxygen atoms in total. The number of hydrogen-bond donors (Lipinski definition) is 2. The molecular weight excluding hydrogens is 400 g/mol. The molecule has 7 heteroatoms. The lowest BCUT2D eigenvalue weighted by atomic mass is 10.00. The maximum absolute atomic E-state index is 12.3. The Morgan fingerprint density at radius 3 is 2.07 bits per heavy atom. The maximum Gasteiger partial charge on any atom is 0.240 e. The predicted molar refractivity (Wildman–Crippen MR) is 118 cm³/mol. The van der Waals surface area contributed by atoms with Crippen molar-refractivity contribution >= 4 is 21.7 Å². The Morgan fingerprint density at radius 1 is 0.933 bits per heavy atom. The first-order valence-corrected chi connectivity index (χ1v) is 11.6. The Balaban J connectivity index is 1.84. The number of hydrogen-bond acceptors (Lipinski definition) is 4. The van der Waals surface area contributed by atoms with Crippen molar-refractivity contribution in [1.82, 2.24) is 10.0 Å². The number of benzene rings is 2. The Hall–Kier alpha value is -2.51. The summed E-state index contributed by atoms with van der Waals surface area (Å²) in [6, 6.07) is 13.7. The van der Waals surface area contributed by atoms with Crippen LogP contribution in [0.2, 0.25) is 0 Å². The van der Waals surface area contributed by atoms with Gasteiger partial charge < -0.3 is 5.32 Å². The van der Waals surface area contributed by atoms with E-state index in [9.17, 15) is 18.0 Å². The van der Waals surface area contributed by atoms with E-state index >= 15 is 0 Å². The first-order valence-electron chi connectivity index (χ1n) is 10.1. The first kappa shape index (κ1) is 23.8. The van der Waals surface area contributed by atoms with Crippen molar-refractivity contribution in [2.45, 2.75) is 51.5 Å². The minimum absolute atomic E-state index is 0.0112. The molecule has 162 valence electrons. The molecule has 0 aliphatic carbocycles. The molecule has 0 aliphatic rings. The molecule has 0 saturated heterocycles. The maximum atomic E-state index is 12.3. The molecule has 2 N–H and O–H groups in total. The van der Waals surface area contributed by atoms with Gasteiger partial charge in [-0.2, -0.15) is 0 Å². The SMILES string of the molecule is CC(=O)c1ccc(S(=O)(=O)NCCC(=O)NC(C)c2ccc(CC(C)C)cc2)cc1. The Labute approximate surface area is 179 Å². The van der Waals surface area contributed by atoms with Crippen molar-refractivity contribution in [3.05, 3.63) is 65.2 Å². The molecule has 0 radical (unpaired) electrons. The van der Waals surface area contributed by atoms with Crippen molar-refractivity contribution in [1.29, 1.82) is 0 Å². The number of amides is 1. The molecule has 2 rings (SSSR count). The van der Waals surface area contributed by atoms with Crippen molar-refractivity contribution < 1.29 is 18.0 Å². The van der Waals surface area contributed by atoms with Crippen LogP contribution >= 0.6 is 0 Å². The normalized spacial score (nSPS) is 12.6. The number of nitrogens with one attached hydrogen (secondary N) is 2. The van der Waals surface area contributed by atoms with Crippen LogP contribution < -0.4 is 10.0 Å². The summed E-state index contributed by atoms with van der Waals surface area (Å²) in [4.78, 5) is 23.5. The number of carbonyl (C=O) groups excluding carboxylic acids is 2. The molecule has 0 spiro atoms. The summed E-state index contributed by atoms with van der Waals surface area (Å²) >= 11 is 0. The topological polar surface area (TPSA) is 92.3 Å². The van der Waals surface area contributed by atoms with Crippen LogP contribution in [0, 0.1) is 5.92 Å². The molecule has 0 aromatic heterocycles. The van der Waals surface area contributed by atoms with Crippen molar-refractivity contribution in [2.75, 3.05) is 6.54 Å². The van der Waals surface area contributed by atoms with Crippen LogP contribution in [-0.4, -0.2) is 26.7 Å². The van der Waals surface area contributed by atoms with Crippen LogP contribution in [0.1, 0.15) is 61.6 Å².